The molecule has 6 heteroatoms. The van der Waals surface area contributed by atoms with Crippen LogP contribution in [0.4, 0.5) is 5.69 Å². The molecule has 0 aromatic heterocycles. The molecule has 0 aliphatic heterocycles. The number of hydrogen-bond acceptors (Lipinski definition) is 3. The number of nitrogens with zero attached hydrogens (tertiary/aromatic N) is 1. The second kappa shape index (κ2) is 8.95. The van der Waals surface area contributed by atoms with Crippen LogP contribution in [0.3, 0.4) is 0 Å². The molecular formula is C20H15Cl3N2O. The Morgan fingerprint density at radius 3 is 2.35 bits per heavy atom. The highest BCUT2D eigenvalue weighted by Gasteiger charge is 2.01. The molecule has 0 aliphatic carbocycles. The number of rotatable bonds is 6. The number of halogens is 3. The molecule has 0 spiro atoms. The zero-order chi connectivity index (χ0) is 18.4. The standard InChI is InChI=1S/C20H15Cl3N2O/c21-18-4-2-1-3-15(18)13-26-17-8-5-14(6-9-17)12-24-25-16-7-10-19(22)20(23)11-16/h1-12,25H,13H2. The summed E-state index contributed by atoms with van der Waals surface area (Å²) in [5.41, 5.74) is 5.55. The van der Waals surface area contributed by atoms with Crippen LogP contribution in [0.2, 0.25) is 15.1 Å². The van der Waals surface area contributed by atoms with Gasteiger partial charge in [-0.05, 0) is 54.1 Å². The van der Waals surface area contributed by atoms with Crippen molar-refractivity contribution in [1.29, 1.82) is 0 Å². The molecule has 0 saturated carbocycles. The average molecular weight is 406 g/mol. The molecule has 0 bridgehead atoms. The molecule has 0 unspecified atom stereocenters. The summed E-state index contributed by atoms with van der Waals surface area (Å²) in [7, 11) is 0. The Morgan fingerprint density at radius 1 is 0.846 bits per heavy atom. The van der Waals surface area contributed by atoms with Crippen LogP contribution in [-0.2, 0) is 6.61 Å². The monoisotopic (exact) mass is 404 g/mol. The van der Waals surface area contributed by atoms with Gasteiger partial charge in [0.05, 0.1) is 21.9 Å². The summed E-state index contributed by atoms with van der Waals surface area (Å²) in [5.74, 6) is 0.763. The van der Waals surface area contributed by atoms with Crippen LogP contribution in [0, 0.1) is 0 Å². The van der Waals surface area contributed by atoms with Gasteiger partial charge in [-0.2, -0.15) is 5.10 Å². The number of nitrogens with one attached hydrogen (secondary N) is 1. The zero-order valence-electron chi connectivity index (χ0n) is 13.6. The highest BCUT2D eigenvalue weighted by atomic mass is 35.5. The number of hydrogen-bond donors (Lipinski definition) is 1. The molecule has 0 saturated heterocycles. The first-order chi connectivity index (χ1) is 12.6. The van der Waals surface area contributed by atoms with E-state index in [0.717, 1.165) is 22.6 Å². The van der Waals surface area contributed by atoms with E-state index in [1.165, 1.54) is 0 Å². The molecule has 3 nitrogen and oxygen atoms in total. The molecule has 132 valence electrons. The average Bonchev–Trinajstić information content (AvgIpc) is 2.65. The van der Waals surface area contributed by atoms with Crippen molar-refractivity contribution in [3.8, 4) is 5.75 Å². The Kier molecular flexibility index (Phi) is 6.40. The molecule has 0 fully saturated rings. The number of benzene rings is 3. The summed E-state index contributed by atoms with van der Waals surface area (Å²) in [6.45, 7) is 0.423. The molecular weight excluding hydrogens is 391 g/mol. The molecule has 0 atom stereocenters. The van der Waals surface area contributed by atoms with Crippen LogP contribution in [0.25, 0.3) is 0 Å². The van der Waals surface area contributed by atoms with Crippen LogP contribution >= 0.6 is 34.8 Å². The van der Waals surface area contributed by atoms with Crippen molar-refractivity contribution in [1.82, 2.24) is 0 Å². The van der Waals surface area contributed by atoms with Crippen molar-refractivity contribution in [3.05, 3.63) is 92.9 Å². The summed E-state index contributed by atoms with van der Waals surface area (Å²) >= 11 is 18.0. The van der Waals surface area contributed by atoms with E-state index in [2.05, 4.69) is 10.5 Å². The molecule has 0 amide bonds. The minimum absolute atomic E-state index is 0.423. The summed E-state index contributed by atoms with van der Waals surface area (Å²) < 4.78 is 5.75. The largest absolute Gasteiger partial charge is 0.489 e. The number of hydrazone groups is 1. The molecule has 3 aromatic carbocycles. The fourth-order valence-corrected chi connectivity index (χ4v) is 2.66. The molecule has 26 heavy (non-hydrogen) atoms. The summed E-state index contributed by atoms with van der Waals surface area (Å²) in [4.78, 5) is 0. The van der Waals surface area contributed by atoms with Crippen LogP contribution in [-0.4, -0.2) is 6.21 Å². The van der Waals surface area contributed by atoms with E-state index in [0.29, 0.717) is 21.7 Å². The summed E-state index contributed by atoms with van der Waals surface area (Å²) in [6.07, 6.45) is 1.71. The summed E-state index contributed by atoms with van der Waals surface area (Å²) in [6, 6.07) is 20.5. The van der Waals surface area contributed by atoms with E-state index in [-0.39, 0.29) is 0 Å². The van der Waals surface area contributed by atoms with E-state index in [4.69, 9.17) is 39.5 Å². The lowest BCUT2D eigenvalue weighted by atomic mass is 10.2. The second-order valence-electron chi connectivity index (χ2n) is 5.45. The molecule has 3 aromatic rings. The number of anilines is 1. The summed E-state index contributed by atoms with van der Waals surface area (Å²) in [5, 5.41) is 5.87. The molecule has 1 N–H and O–H groups in total. The van der Waals surface area contributed by atoms with Gasteiger partial charge in [0, 0.05) is 10.6 Å². The highest BCUT2D eigenvalue weighted by molar-refractivity contribution is 6.42. The Labute approximate surface area is 167 Å². The van der Waals surface area contributed by atoms with Gasteiger partial charge in [-0.1, -0.05) is 53.0 Å². The first-order valence-corrected chi connectivity index (χ1v) is 8.95. The first kappa shape index (κ1) is 18.6. The van der Waals surface area contributed by atoms with Crippen molar-refractivity contribution >= 4 is 46.7 Å². The fourth-order valence-electron chi connectivity index (χ4n) is 2.17. The van der Waals surface area contributed by atoms with Gasteiger partial charge < -0.3 is 4.74 Å². The lowest BCUT2D eigenvalue weighted by Gasteiger charge is -2.07. The van der Waals surface area contributed by atoms with Crippen LogP contribution in [0.15, 0.2) is 71.8 Å². The van der Waals surface area contributed by atoms with Crippen molar-refractivity contribution in [2.75, 3.05) is 5.43 Å². The van der Waals surface area contributed by atoms with Crippen LogP contribution in [0.1, 0.15) is 11.1 Å². The van der Waals surface area contributed by atoms with Gasteiger partial charge in [0.2, 0.25) is 0 Å². The van der Waals surface area contributed by atoms with Crippen molar-refractivity contribution in [2.45, 2.75) is 6.61 Å². The van der Waals surface area contributed by atoms with Gasteiger partial charge in [-0.15, -0.1) is 0 Å². The Bertz CT molecular complexity index is 911. The molecule has 3 rings (SSSR count). The number of ether oxygens (including phenoxy) is 1. The quantitative estimate of drug-likeness (QED) is 0.367. The van der Waals surface area contributed by atoms with E-state index in [1.807, 2.05) is 48.5 Å². The SMILES string of the molecule is Clc1ccc(NN=Cc2ccc(OCc3ccccc3Cl)cc2)cc1Cl. The maximum atomic E-state index is 6.12. The third kappa shape index (κ3) is 5.15. The third-order valence-corrected chi connectivity index (χ3v) is 4.67. The third-order valence-electron chi connectivity index (χ3n) is 3.56. The Morgan fingerprint density at radius 2 is 1.62 bits per heavy atom. The molecule has 0 aliphatic rings. The molecule has 0 radical (unpaired) electrons. The lowest BCUT2D eigenvalue weighted by molar-refractivity contribution is 0.306. The van der Waals surface area contributed by atoms with E-state index in [9.17, 15) is 0 Å². The minimum Gasteiger partial charge on any atom is -0.489 e. The van der Waals surface area contributed by atoms with Crippen LogP contribution in [0.5, 0.6) is 5.75 Å². The van der Waals surface area contributed by atoms with Gasteiger partial charge in [0.15, 0.2) is 0 Å². The predicted molar refractivity (Wildman–Crippen MR) is 110 cm³/mol. The van der Waals surface area contributed by atoms with Crippen molar-refractivity contribution in [3.63, 3.8) is 0 Å². The Balaban J connectivity index is 1.55. The van der Waals surface area contributed by atoms with E-state index < -0.39 is 0 Å². The van der Waals surface area contributed by atoms with Crippen LogP contribution < -0.4 is 10.2 Å². The molecule has 0 heterocycles. The lowest BCUT2D eigenvalue weighted by Crippen LogP contribution is -1.96. The maximum Gasteiger partial charge on any atom is 0.119 e. The van der Waals surface area contributed by atoms with Gasteiger partial charge >= 0.3 is 0 Å². The van der Waals surface area contributed by atoms with Crippen molar-refractivity contribution < 1.29 is 4.74 Å². The minimum atomic E-state index is 0.423. The van der Waals surface area contributed by atoms with Gasteiger partial charge in [0.25, 0.3) is 0 Å². The normalized spacial score (nSPS) is 10.9. The predicted octanol–water partition coefficient (Wildman–Crippen LogP) is 6.67. The fraction of sp³-hybridized carbons (Fsp3) is 0.0500. The maximum absolute atomic E-state index is 6.12. The highest BCUT2D eigenvalue weighted by Crippen LogP contribution is 2.25. The first-order valence-electron chi connectivity index (χ1n) is 7.82. The second-order valence-corrected chi connectivity index (χ2v) is 6.67. The van der Waals surface area contributed by atoms with Gasteiger partial charge in [-0.3, -0.25) is 5.43 Å². The van der Waals surface area contributed by atoms with E-state index >= 15 is 0 Å². The smallest absolute Gasteiger partial charge is 0.119 e. The zero-order valence-corrected chi connectivity index (χ0v) is 15.9. The van der Waals surface area contributed by atoms with Gasteiger partial charge in [0.1, 0.15) is 12.4 Å². The van der Waals surface area contributed by atoms with Crippen molar-refractivity contribution in [2.24, 2.45) is 5.10 Å². The van der Waals surface area contributed by atoms with E-state index in [1.54, 1.807) is 24.4 Å². The topological polar surface area (TPSA) is 33.6 Å². The van der Waals surface area contributed by atoms with Gasteiger partial charge in [-0.25, -0.2) is 0 Å². The Hall–Kier alpha value is -2.20.